The number of nitrogens with one attached hydrogen (secondary N) is 1. The van der Waals surface area contributed by atoms with Gasteiger partial charge < -0.3 is 14.5 Å². The zero-order chi connectivity index (χ0) is 23.6. The Morgan fingerprint density at radius 3 is 2.52 bits per heavy atom. The van der Waals surface area contributed by atoms with Gasteiger partial charge in [0.1, 0.15) is 0 Å². The number of carbonyl (C=O) groups is 1. The largest absolute Gasteiger partial charge is 0.416 e. The maximum Gasteiger partial charge on any atom is 0.416 e. The molecule has 2 aromatic rings. The maximum atomic E-state index is 13.4. The number of ether oxygens (including phenoxy) is 1. The number of aryl methyl sites for hydroxylation is 1. The van der Waals surface area contributed by atoms with Gasteiger partial charge >= 0.3 is 12.2 Å². The van der Waals surface area contributed by atoms with Crippen LogP contribution in [-0.4, -0.2) is 65.4 Å². The summed E-state index contributed by atoms with van der Waals surface area (Å²) in [7, 11) is 1.67. The second-order valence-corrected chi connectivity index (χ2v) is 9.05. The smallest absolute Gasteiger partial charge is 0.380 e. The van der Waals surface area contributed by atoms with Crippen molar-refractivity contribution in [1.29, 1.82) is 0 Å². The highest BCUT2D eigenvalue weighted by molar-refractivity contribution is 5.75. The van der Waals surface area contributed by atoms with Crippen LogP contribution in [0.4, 0.5) is 18.0 Å². The van der Waals surface area contributed by atoms with Crippen LogP contribution in [0.25, 0.3) is 0 Å². The second-order valence-electron chi connectivity index (χ2n) is 9.05. The second kappa shape index (κ2) is 9.75. The van der Waals surface area contributed by atoms with Crippen LogP contribution in [-0.2, 0) is 17.3 Å². The molecule has 1 aromatic heterocycles. The molecule has 3 atom stereocenters. The fourth-order valence-corrected chi connectivity index (χ4v) is 4.93. The number of alkyl halides is 3. The van der Waals surface area contributed by atoms with Crippen molar-refractivity contribution < 1.29 is 22.7 Å². The van der Waals surface area contributed by atoms with Gasteiger partial charge in [-0.2, -0.15) is 18.3 Å². The molecule has 180 valence electrons. The number of hydrogen-bond acceptors (Lipinski definition) is 3. The highest BCUT2D eigenvalue weighted by Gasteiger charge is 2.36. The number of nitrogens with zero attached hydrogens (tertiary/aromatic N) is 3. The Labute approximate surface area is 192 Å². The summed E-state index contributed by atoms with van der Waals surface area (Å²) in [5, 5.41) is 7.52. The zero-order valence-electron chi connectivity index (χ0n) is 19.1. The first-order valence-electron chi connectivity index (χ1n) is 11.6. The van der Waals surface area contributed by atoms with Gasteiger partial charge in [0.25, 0.3) is 0 Å². The number of rotatable bonds is 4. The molecule has 2 saturated heterocycles. The van der Waals surface area contributed by atoms with E-state index in [2.05, 4.69) is 10.2 Å². The summed E-state index contributed by atoms with van der Waals surface area (Å²) in [4.78, 5) is 17.1. The fourth-order valence-electron chi connectivity index (χ4n) is 4.93. The van der Waals surface area contributed by atoms with Gasteiger partial charge in [0.05, 0.1) is 17.4 Å². The lowest BCUT2D eigenvalue weighted by atomic mass is 9.82. The molecule has 33 heavy (non-hydrogen) atoms. The molecule has 2 amide bonds. The molecule has 0 radical (unpaired) electrons. The van der Waals surface area contributed by atoms with Crippen molar-refractivity contribution in [2.24, 2.45) is 0 Å². The zero-order valence-corrected chi connectivity index (χ0v) is 19.1. The van der Waals surface area contributed by atoms with Gasteiger partial charge in [-0.05, 0) is 49.4 Å². The van der Waals surface area contributed by atoms with Crippen molar-refractivity contribution >= 4 is 6.03 Å². The molecule has 3 heterocycles. The van der Waals surface area contributed by atoms with Crippen molar-refractivity contribution in [2.75, 3.05) is 33.3 Å². The average molecular weight is 465 g/mol. The Balaban J connectivity index is 1.57. The SMILES string of the molecule is CCc1cc(C2CC(c3ccc(C(F)(F)F)cc3)CN(C(=O)N3CCCC(OC)C3)C2)n[nH]1. The lowest BCUT2D eigenvalue weighted by molar-refractivity contribution is -0.137. The Kier molecular flexibility index (Phi) is 6.97. The van der Waals surface area contributed by atoms with Crippen molar-refractivity contribution in [3.05, 3.63) is 52.8 Å². The van der Waals surface area contributed by atoms with Gasteiger partial charge in [-0.1, -0.05) is 19.1 Å². The fraction of sp³-hybridized carbons (Fsp3) is 0.583. The highest BCUT2D eigenvalue weighted by Crippen LogP contribution is 2.37. The van der Waals surface area contributed by atoms with Crippen LogP contribution < -0.4 is 0 Å². The number of urea groups is 1. The first kappa shape index (κ1) is 23.6. The van der Waals surface area contributed by atoms with E-state index in [-0.39, 0.29) is 24.0 Å². The number of aromatic amines is 1. The summed E-state index contributed by atoms with van der Waals surface area (Å²) in [6.07, 6.45) is -0.950. The number of amides is 2. The molecule has 9 heteroatoms. The maximum absolute atomic E-state index is 13.4. The number of halogens is 3. The monoisotopic (exact) mass is 464 g/mol. The minimum absolute atomic E-state index is 0.00885. The summed E-state index contributed by atoms with van der Waals surface area (Å²) in [6, 6.07) is 7.34. The molecular weight excluding hydrogens is 433 g/mol. The number of carbonyl (C=O) groups excluding carboxylic acids is 1. The van der Waals surface area contributed by atoms with E-state index in [1.165, 1.54) is 0 Å². The van der Waals surface area contributed by atoms with Gasteiger partial charge in [0.15, 0.2) is 0 Å². The molecule has 1 N–H and O–H groups in total. The molecule has 0 aliphatic carbocycles. The Morgan fingerprint density at radius 2 is 1.88 bits per heavy atom. The normalized spacial score (nSPS) is 24.2. The predicted molar refractivity (Wildman–Crippen MR) is 118 cm³/mol. The number of aromatic nitrogens is 2. The molecule has 0 bridgehead atoms. The summed E-state index contributed by atoms with van der Waals surface area (Å²) < 4.78 is 44.6. The van der Waals surface area contributed by atoms with E-state index in [9.17, 15) is 18.0 Å². The van der Waals surface area contributed by atoms with Crippen LogP contribution in [0.1, 0.15) is 60.5 Å². The van der Waals surface area contributed by atoms with Crippen molar-refractivity contribution in [1.82, 2.24) is 20.0 Å². The molecule has 4 rings (SSSR count). The molecule has 1 aromatic carbocycles. The molecule has 3 unspecified atom stereocenters. The van der Waals surface area contributed by atoms with Crippen molar-refractivity contribution in [3.63, 3.8) is 0 Å². The van der Waals surface area contributed by atoms with E-state index >= 15 is 0 Å². The van der Waals surface area contributed by atoms with Crippen LogP contribution in [0.15, 0.2) is 30.3 Å². The predicted octanol–water partition coefficient (Wildman–Crippen LogP) is 4.79. The minimum Gasteiger partial charge on any atom is -0.380 e. The standard InChI is InChI=1S/C24H31F3N4O2/c1-3-20-12-22(29-28-20)18-11-17(16-6-8-19(9-7-16)24(25,26)27)13-31(14-18)23(32)30-10-4-5-21(15-30)33-2/h6-9,12,17-18,21H,3-5,10-11,13-15H2,1-2H3,(H,28,29). The van der Waals surface area contributed by atoms with Gasteiger partial charge in [-0.3, -0.25) is 5.10 Å². The third-order valence-electron chi connectivity index (χ3n) is 6.86. The molecule has 6 nitrogen and oxygen atoms in total. The van der Waals surface area contributed by atoms with Gasteiger partial charge in [-0.25, -0.2) is 4.79 Å². The van der Waals surface area contributed by atoms with Crippen LogP contribution in [0.2, 0.25) is 0 Å². The summed E-state index contributed by atoms with van der Waals surface area (Å²) in [5.41, 5.74) is 2.07. The number of methoxy groups -OCH3 is 1. The van der Waals surface area contributed by atoms with Crippen LogP contribution in [0, 0.1) is 0 Å². The molecule has 0 spiro atoms. The quantitative estimate of drug-likeness (QED) is 0.708. The topological polar surface area (TPSA) is 61.5 Å². The number of likely N-dealkylation sites (tertiary alicyclic amines) is 2. The van der Waals surface area contributed by atoms with Crippen LogP contribution >= 0.6 is 0 Å². The van der Waals surface area contributed by atoms with Gasteiger partial charge in [0, 0.05) is 50.8 Å². The third kappa shape index (κ3) is 5.34. The molecule has 2 aliphatic rings. The number of H-pyrrole nitrogens is 1. The van der Waals surface area contributed by atoms with Crippen molar-refractivity contribution in [2.45, 2.75) is 56.7 Å². The Morgan fingerprint density at radius 1 is 1.15 bits per heavy atom. The van der Waals surface area contributed by atoms with Gasteiger partial charge in [-0.15, -0.1) is 0 Å². The number of hydrogen-bond donors (Lipinski definition) is 1. The van der Waals surface area contributed by atoms with Crippen molar-refractivity contribution in [3.8, 4) is 0 Å². The van der Waals surface area contributed by atoms with Crippen LogP contribution in [0.3, 0.4) is 0 Å². The average Bonchev–Trinajstić information content (AvgIpc) is 3.32. The lowest BCUT2D eigenvalue weighted by Crippen LogP contribution is -2.52. The van der Waals surface area contributed by atoms with Crippen LogP contribution in [0.5, 0.6) is 0 Å². The number of benzene rings is 1. The van der Waals surface area contributed by atoms with E-state index in [1.54, 1.807) is 19.2 Å². The van der Waals surface area contributed by atoms with E-state index in [1.807, 2.05) is 22.8 Å². The molecular formula is C24H31F3N4O2. The number of piperidine rings is 2. The van der Waals surface area contributed by atoms with E-state index in [0.717, 1.165) is 54.8 Å². The van der Waals surface area contributed by atoms with Gasteiger partial charge in [0.2, 0.25) is 0 Å². The summed E-state index contributed by atoms with van der Waals surface area (Å²) >= 11 is 0. The Hall–Kier alpha value is -2.55. The third-order valence-corrected chi connectivity index (χ3v) is 6.86. The molecule has 0 saturated carbocycles. The summed E-state index contributed by atoms with van der Waals surface area (Å²) in [6.45, 7) is 4.30. The summed E-state index contributed by atoms with van der Waals surface area (Å²) in [5.74, 6) is -0.0608. The Bertz CT molecular complexity index is 944. The first-order valence-corrected chi connectivity index (χ1v) is 11.6. The molecule has 2 aliphatic heterocycles. The molecule has 2 fully saturated rings. The minimum atomic E-state index is -4.37. The highest BCUT2D eigenvalue weighted by atomic mass is 19.4. The van der Waals surface area contributed by atoms with E-state index in [4.69, 9.17) is 4.74 Å². The lowest BCUT2D eigenvalue weighted by Gasteiger charge is -2.41. The van der Waals surface area contributed by atoms with E-state index in [0.29, 0.717) is 26.2 Å². The first-order chi connectivity index (χ1) is 15.8. The van der Waals surface area contributed by atoms with E-state index < -0.39 is 11.7 Å².